The van der Waals surface area contributed by atoms with Crippen LogP contribution in [0, 0.1) is 17.6 Å². The zero-order valence-electron chi connectivity index (χ0n) is 12.7. The summed E-state index contributed by atoms with van der Waals surface area (Å²) in [5.41, 5.74) is 6.03. The molecule has 5 nitrogen and oxygen atoms in total. The number of likely N-dealkylation sites (tertiary alicyclic amines) is 1. The van der Waals surface area contributed by atoms with Gasteiger partial charge in [-0.25, -0.2) is 8.78 Å². The minimum Gasteiger partial charge on any atom is -0.340 e. The molecule has 2 fully saturated rings. The number of rotatable bonds is 2. The van der Waals surface area contributed by atoms with E-state index in [0.29, 0.717) is 19.5 Å². The van der Waals surface area contributed by atoms with E-state index in [1.807, 2.05) is 0 Å². The summed E-state index contributed by atoms with van der Waals surface area (Å²) in [4.78, 5) is 27.9. The van der Waals surface area contributed by atoms with E-state index < -0.39 is 23.5 Å². The predicted octanol–water partition coefficient (Wildman–Crippen LogP) is 1.27. The standard InChI is InChI=1S/C16H19F2N3O2/c17-10-6-11(18)8-13(7-10)21-5-3-14(16(21)23)15(22)20-4-1-2-12(19)9-20/h6-8,12,14H,1-5,9,19H2. The highest BCUT2D eigenvalue weighted by molar-refractivity contribution is 6.09. The summed E-state index contributed by atoms with van der Waals surface area (Å²) in [5, 5.41) is 0. The Labute approximate surface area is 133 Å². The summed E-state index contributed by atoms with van der Waals surface area (Å²) < 4.78 is 26.7. The van der Waals surface area contributed by atoms with Crippen LogP contribution in [0.15, 0.2) is 18.2 Å². The number of halogens is 2. The van der Waals surface area contributed by atoms with Gasteiger partial charge in [0.15, 0.2) is 0 Å². The van der Waals surface area contributed by atoms with Crippen molar-refractivity contribution in [1.82, 2.24) is 4.90 Å². The van der Waals surface area contributed by atoms with Gasteiger partial charge in [0.05, 0.1) is 0 Å². The van der Waals surface area contributed by atoms with Gasteiger partial charge in [0.25, 0.3) is 0 Å². The van der Waals surface area contributed by atoms with Crippen molar-refractivity contribution in [2.45, 2.75) is 25.3 Å². The average molecular weight is 323 g/mol. The molecule has 3 rings (SSSR count). The first kappa shape index (κ1) is 15.9. The fourth-order valence-corrected chi connectivity index (χ4v) is 3.29. The van der Waals surface area contributed by atoms with Crippen LogP contribution in [0.3, 0.4) is 0 Å². The number of amides is 2. The molecule has 2 aliphatic heterocycles. The lowest BCUT2D eigenvalue weighted by Crippen LogP contribution is -2.49. The number of carbonyl (C=O) groups excluding carboxylic acids is 2. The van der Waals surface area contributed by atoms with Crippen molar-refractivity contribution in [2.75, 3.05) is 24.5 Å². The van der Waals surface area contributed by atoms with Crippen LogP contribution in [0.25, 0.3) is 0 Å². The lowest BCUT2D eigenvalue weighted by Gasteiger charge is -2.32. The van der Waals surface area contributed by atoms with E-state index in [9.17, 15) is 18.4 Å². The maximum atomic E-state index is 13.3. The Kier molecular flexibility index (Phi) is 4.30. The molecule has 1 aromatic carbocycles. The fourth-order valence-electron chi connectivity index (χ4n) is 3.29. The molecular weight excluding hydrogens is 304 g/mol. The van der Waals surface area contributed by atoms with Gasteiger partial charge < -0.3 is 15.5 Å². The van der Waals surface area contributed by atoms with E-state index >= 15 is 0 Å². The van der Waals surface area contributed by atoms with Gasteiger partial charge in [0.2, 0.25) is 11.8 Å². The quantitative estimate of drug-likeness (QED) is 0.834. The van der Waals surface area contributed by atoms with Gasteiger partial charge in [-0.05, 0) is 31.4 Å². The van der Waals surface area contributed by atoms with E-state index in [1.54, 1.807) is 4.90 Å². The topological polar surface area (TPSA) is 66.6 Å². The van der Waals surface area contributed by atoms with Gasteiger partial charge in [-0.3, -0.25) is 9.59 Å². The SMILES string of the molecule is NC1CCCN(C(=O)C2CCN(c3cc(F)cc(F)c3)C2=O)C1. The zero-order chi connectivity index (χ0) is 16.6. The first-order valence-corrected chi connectivity index (χ1v) is 7.77. The lowest BCUT2D eigenvalue weighted by atomic mass is 10.0. The molecule has 7 heteroatoms. The molecule has 2 heterocycles. The van der Waals surface area contributed by atoms with Gasteiger partial charge in [-0.2, -0.15) is 0 Å². The maximum Gasteiger partial charge on any atom is 0.239 e. The van der Waals surface area contributed by atoms with E-state index in [2.05, 4.69) is 0 Å². The number of benzene rings is 1. The van der Waals surface area contributed by atoms with E-state index in [4.69, 9.17) is 5.73 Å². The summed E-state index contributed by atoms with van der Waals surface area (Å²) in [6.07, 6.45) is 2.05. The van der Waals surface area contributed by atoms with Crippen LogP contribution < -0.4 is 10.6 Å². The second-order valence-corrected chi connectivity index (χ2v) is 6.15. The van der Waals surface area contributed by atoms with Gasteiger partial charge in [0, 0.05) is 37.4 Å². The molecule has 0 aliphatic carbocycles. The molecule has 2 N–H and O–H groups in total. The molecule has 0 saturated carbocycles. The Bertz CT molecular complexity index is 618. The fraction of sp³-hybridized carbons (Fsp3) is 0.500. The number of nitrogens with zero attached hydrogens (tertiary/aromatic N) is 2. The molecule has 2 amide bonds. The third-order valence-corrected chi connectivity index (χ3v) is 4.43. The van der Waals surface area contributed by atoms with Crippen molar-refractivity contribution in [2.24, 2.45) is 11.7 Å². The molecule has 2 unspecified atom stereocenters. The Morgan fingerprint density at radius 3 is 2.48 bits per heavy atom. The number of anilines is 1. The molecule has 2 saturated heterocycles. The molecule has 124 valence electrons. The number of hydrogen-bond acceptors (Lipinski definition) is 3. The van der Waals surface area contributed by atoms with Crippen LogP contribution in [0.1, 0.15) is 19.3 Å². The molecular formula is C16H19F2N3O2. The van der Waals surface area contributed by atoms with Gasteiger partial charge in [-0.1, -0.05) is 0 Å². The van der Waals surface area contributed by atoms with Crippen molar-refractivity contribution >= 4 is 17.5 Å². The highest BCUT2D eigenvalue weighted by Crippen LogP contribution is 2.28. The van der Waals surface area contributed by atoms with Crippen molar-refractivity contribution in [3.05, 3.63) is 29.8 Å². The second kappa shape index (κ2) is 6.23. The molecule has 23 heavy (non-hydrogen) atoms. The maximum absolute atomic E-state index is 13.3. The van der Waals surface area contributed by atoms with Gasteiger partial charge in [0.1, 0.15) is 17.6 Å². The van der Waals surface area contributed by atoms with Crippen LogP contribution in [0.5, 0.6) is 0 Å². The van der Waals surface area contributed by atoms with Gasteiger partial charge >= 0.3 is 0 Å². The van der Waals surface area contributed by atoms with Crippen LogP contribution >= 0.6 is 0 Å². The van der Waals surface area contributed by atoms with Crippen molar-refractivity contribution < 1.29 is 18.4 Å². The summed E-state index contributed by atoms with van der Waals surface area (Å²) >= 11 is 0. The van der Waals surface area contributed by atoms with Crippen molar-refractivity contribution in [3.8, 4) is 0 Å². The number of hydrogen-bond donors (Lipinski definition) is 1. The minimum atomic E-state index is -0.786. The number of piperidine rings is 1. The second-order valence-electron chi connectivity index (χ2n) is 6.15. The first-order chi connectivity index (χ1) is 11.0. The molecule has 2 atom stereocenters. The van der Waals surface area contributed by atoms with Crippen LogP contribution in [-0.2, 0) is 9.59 Å². The first-order valence-electron chi connectivity index (χ1n) is 7.77. The van der Waals surface area contributed by atoms with Crippen LogP contribution in [0.4, 0.5) is 14.5 Å². The van der Waals surface area contributed by atoms with Crippen LogP contribution in [-0.4, -0.2) is 42.4 Å². The van der Waals surface area contributed by atoms with Crippen molar-refractivity contribution in [1.29, 1.82) is 0 Å². The third kappa shape index (κ3) is 3.19. The largest absolute Gasteiger partial charge is 0.340 e. The van der Waals surface area contributed by atoms with E-state index in [-0.39, 0.29) is 24.2 Å². The molecule has 2 aliphatic rings. The third-order valence-electron chi connectivity index (χ3n) is 4.43. The molecule has 0 spiro atoms. The highest BCUT2D eigenvalue weighted by Gasteiger charge is 2.40. The molecule has 0 radical (unpaired) electrons. The molecule has 0 aromatic heterocycles. The lowest BCUT2D eigenvalue weighted by molar-refractivity contribution is -0.140. The minimum absolute atomic E-state index is 0.0578. The molecule has 1 aromatic rings. The molecule has 0 bridgehead atoms. The Morgan fingerprint density at radius 1 is 1.13 bits per heavy atom. The smallest absolute Gasteiger partial charge is 0.239 e. The average Bonchev–Trinajstić information content (AvgIpc) is 2.87. The summed E-state index contributed by atoms with van der Waals surface area (Å²) in [5.74, 6) is -2.91. The Morgan fingerprint density at radius 2 is 1.83 bits per heavy atom. The number of nitrogens with two attached hydrogens (primary N) is 1. The van der Waals surface area contributed by atoms with E-state index in [0.717, 1.165) is 31.0 Å². The number of carbonyl (C=O) groups is 2. The predicted molar refractivity (Wildman–Crippen MR) is 80.6 cm³/mol. The Hall–Kier alpha value is -2.02. The zero-order valence-corrected chi connectivity index (χ0v) is 12.7. The van der Waals surface area contributed by atoms with Crippen LogP contribution in [0.2, 0.25) is 0 Å². The monoisotopic (exact) mass is 323 g/mol. The summed E-state index contributed by atoms with van der Waals surface area (Å²) in [7, 11) is 0. The highest BCUT2D eigenvalue weighted by atomic mass is 19.1. The normalized spacial score (nSPS) is 25.1. The van der Waals surface area contributed by atoms with Gasteiger partial charge in [-0.15, -0.1) is 0 Å². The summed E-state index contributed by atoms with van der Waals surface area (Å²) in [6.45, 7) is 1.33. The summed E-state index contributed by atoms with van der Waals surface area (Å²) in [6, 6.07) is 2.90. The van der Waals surface area contributed by atoms with E-state index in [1.165, 1.54) is 4.90 Å². The van der Waals surface area contributed by atoms with Crippen molar-refractivity contribution in [3.63, 3.8) is 0 Å². The Balaban J connectivity index is 1.74.